The second-order valence-electron chi connectivity index (χ2n) is 4.45. The van der Waals surface area contributed by atoms with Gasteiger partial charge >= 0.3 is 0 Å². The van der Waals surface area contributed by atoms with E-state index in [1.165, 1.54) is 5.56 Å². The van der Waals surface area contributed by atoms with E-state index in [1.807, 2.05) is 26.0 Å². The van der Waals surface area contributed by atoms with Crippen LogP contribution in [0.3, 0.4) is 0 Å². The molecule has 96 valence electrons. The Balaban J connectivity index is 2.40. The number of nitrogens with zero attached hydrogens (tertiary/aromatic N) is 1. The van der Waals surface area contributed by atoms with Crippen LogP contribution in [0.2, 0.25) is 0 Å². The van der Waals surface area contributed by atoms with Crippen molar-refractivity contribution < 1.29 is 9.84 Å². The summed E-state index contributed by atoms with van der Waals surface area (Å²) < 4.78 is 5.40. The predicted octanol–water partition coefficient (Wildman–Crippen LogP) is 2.29. The minimum atomic E-state index is -0.224. The van der Waals surface area contributed by atoms with Crippen molar-refractivity contribution in [1.29, 1.82) is 0 Å². The van der Waals surface area contributed by atoms with Crippen molar-refractivity contribution in [3.8, 4) is 5.75 Å². The molecule has 3 heteroatoms. The first kappa shape index (κ1) is 14.0. The molecule has 1 aromatic rings. The third-order valence-electron chi connectivity index (χ3n) is 2.62. The molecule has 0 aliphatic rings. The molecule has 0 spiro atoms. The molecule has 0 aliphatic carbocycles. The van der Waals surface area contributed by atoms with Crippen molar-refractivity contribution in [1.82, 2.24) is 4.90 Å². The highest BCUT2D eigenvalue weighted by molar-refractivity contribution is 5.27. The molecule has 17 heavy (non-hydrogen) atoms. The van der Waals surface area contributed by atoms with Crippen molar-refractivity contribution >= 4 is 0 Å². The molecule has 0 bridgehead atoms. The van der Waals surface area contributed by atoms with E-state index < -0.39 is 0 Å². The van der Waals surface area contributed by atoms with Gasteiger partial charge in [0, 0.05) is 13.1 Å². The molecule has 0 aromatic heterocycles. The van der Waals surface area contributed by atoms with Gasteiger partial charge in [0.05, 0.1) is 12.7 Å². The standard InChI is InChI=1S/C14H23NO2/c1-4-17-14-7-5-13(6-8-14)11-15(3)10-9-12(2)16/h5-8,12,16H,4,9-11H2,1-3H3. The summed E-state index contributed by atoms with van der Waals surface area (Å²) in [6.45, 7) is 6.32. The van der Waals surface area contributed by atoms with Crippen LogP contribution in [0.4, 0.5) is 0 Å². The highest BCUT2D eigenvalue weighted by Crippen LogP contribution is 2.13. The lowest BCUT2D eigenvalue weighted by molar-refractivity contribution is 0.163. The summed E-state index contributed by atoms with van der Waals surface area (Å²) in [5.74, 6) is 0.919. The Labute approximate surface area is 104 Å². The van der Waals surface area contributed by atoms with Crippen LogP contribution in [0.1, 0.15) is 25.8 Å². The Bertz CT molecular complexity index is 309. The Morgan fingerprint density at radius 3 is 2.47 bits per heavy atom. The molecule has 1 unspecified atom stereocenters. The molecular formula is C14H23NO2. The van der Waals surface area contributed by atoms with Crippen LogP contribution < -0.4 is 4.74 Å². The fraction of sp³-hybridized carbons (Fsp3) is 0.571. The number of aliphatic hydroxyl groups excluding tert-OH is 1. The fourth-order valence-electron chi connectivity index (χ4n) is 1.66. The first-order valence-corrected chi connectivity index (χ1v) is 6.20. The SMILES string of the molecule is CCOc1ccc(CN(C)CCC(C)O)cc1. The zero-order valence-electron chi connectivity index (χ0n) is 11.0. The normalized spacial score (nSPS) is 12.8. The minimum Gasteiger partial charge on any atom is -0.494 e. The molecule has 1 atom stereocenters. The van der Waals surface area contributed by atoms with Crippen molar-refractivity contribution in [3.63, 3.8) is 0 Å². The summed E-state index contributed by atoms with van der Waals surface area (Å²) in [4.78, 5) is 2.21. The van der Waals surface area contributed by atoms with Gasteiger partial charge in [-0.25, -0.2) is 0 Å². The quantitative estimate of drug-likeness (QED) is 0.789. The molecule has 1 aromatic carbocycles. The molecule has 1 N–H and O–H groups in total. The number of aliphatic hydroxyl groups is 1. The Hall–Kier alpha value is -1.06. The number of rotatable bonds is 7. The van der Waals surface area contributed by atoms with E-state index in [-0.39, 0.29) is 6.10 Å². The molecule has 3 nitrogen and oxygen atoms in total. The van der Waals surface area contributed by atoms with Gasteiger partial charge in [-0.15, -0.1) is 0 Å². The molecule has 0 fully saturated rings. The predicted molar refractivity (Wildman–Crippen MR) is 70.2 cm³/mol. The van der Waals surface area contributed by atoms with Gasteiger partial charge in [0.2, 0.25) is 0 Å². The number of benzene rings is 1. The van der Waals surface area contributed by atoms with Crippen LogP contribution in [0, 0.1) is 0 Å². The van der Waals surface area contributed by atoms with Crippen molar-refractivity contribution in [2.45, 2.75) is 32.9 Å². The van der Waals surface area contributed by atoms with Gasteiger partial charge < -0.3 is 14.7 Å². The highest BCUT2D eigenvalue weighted by Gasteiger charge is 2.03. The van der Waals surface area contributed by atoms with E-state index in [0.717, 1.165) is 25.3 Å². The lowest BCUT2D eigenvalue weighted by Gasteiger charge is -2.17. The van der Waals surface area contributed by atoms with Gasteiger partial charge in [0.15, 0.2) is 0 Å². The summed E-state index contributed by atoms with van der Waals surface area (Å²) >= 11 is 0. The summed E-state index contributed by atoms with van der Waals surface area (Å²) in [7, 11) is 2.07. The van der Waals surface area contributed by atoms with Crippen LogP contribution in [-0.2, 0) is 6.54 Å². The summed E-state index contributed by atoms with van der Waals surface area (Å²) in [5.41, 5.74) is 1.27. The van der Waals surface area contributed by atoms with E-state index >= 15 is 0 Å². The van der Waals surface area contributed by atoms with Gasteiger partial charge in [0.25, 0.3) is 0 Å². The van der Waals surface area contributed by atoms with Gasteiger partial charge in [0.1, 0.15) is 5.75 Å². The van der Waals surface area contributed by atoms with Crippen molar-refractivity contribution in [2.75, 3.05) is 20.2 Å². The zero-order valence-corrected chi connectivity index (χ0v) is 11.0. The van der Waals surface area contributed by atoms with Crippen LogP contribution in [0.15, 0.2) is 24.3 Å². The average molecular weight is 237 g/mol. The van der Waals surface area contributed by atoms with E-state index in [2.05, 4.69) is 24.1 Å². The minimum absolute atomic E-state index is 0.224. The molecule has 0 saturated carbocycles. The Morgan fingerprint density at radius 1 is 1.29 bits per heavy atom. The number of hydrogen-bond donors (Lipinski definition) is 1. The van der Waals surface area contributed by atoms with Crippen molar-refractivity contribution in [3.05, 3.63) is 29.8 Å². The van der Waals surface area contributed by atoms with E-state index in [1.54, 1.807) is 0 Å². The summed E-state index contributed by atoms with van der Waals surface area (Å²) in [5, 5.41) is 9.22. The third kappa shape index (κ3) is 5.71. The smallest absolute Gasteiger partial charge is 0.119 e. The van der Waals surface area contributed by atoms with Crippen LogP contribution in [-0.4, -0.2) is 36.3 Å². The van der Waals surface area contributed by atoms with Gasteiger partial charge in [-0.05, 0) is 45.0 Å². The van der Waals surface area contributed by atoms with Crippen LogP contribution >= 0.6 is 0 Å². The lowest BCUT2D eigenvalue weighted by Crippen LogP contribution is -2.22. The second kappa shape index (κ2) is 7.30. The van der Waals surface area contributed by atoms with Crippen molar-refractivity contribution in [2.24, 2.45) is 0 Å². The first-order chi connectivity index (χ1) is 8.11. The number of ether oxygens (including phenoxy) is 1. The van der Waals surface area contributed by atoms with E-state index in [0.29, 0.717) is 6.61 Å². The Morgan fingerprint density at radius 2 is 1.94 bits per heavy atom. The Kier molecular flexibility index (Phi) is 6.01. The zero-order chi connectivity index (χ0) is 12.7. The maximum atomic E-state index is 9.22. The van der Waals surface area contributed by atoms with E-state index in [9.17, 15) is 5.11 Å². The summed E-state index contributed by atoms with van der Waals surface area (Å²) in [6.07, 6.45) is 0.589. The largest absolute Gasteiger partial charge is 0.494 e. The topological polar surface area (TPSA) is 32.7 Å². The molecular weight excluding hydrogens is 214 g/mol. The van der Waals surface area contributed by atoms with E-state index in [4.69, 9.17) is 4.74 Å². The first-order valence-electron chi connectivity index (χ1n) is 6.20. The van der Waals surface area contributed by atoms with Gasteiger partial charge in [-0.3, -0.25) is 0 Å². The van der Waals surface area contributed by atoms with Crippen LogP contribution in [0.5, 0.6) is 5.75 Å². The third-order valence-corrected chi connectivity index (χ3v) is 2.62. The van der Waals surface area contributed by atoms with Gasteiger partial charge in [-0.2, -0.15) is 0 Å². The maximum Gasteiger partial charge on any atom is 0.119 e. The molecule has 0 amide bonds. The molecule has 0 saturated heterocycles. The van der Waals surface area contributed by atoms with Gasteiger partial charge in [-0.1, -0.05) is 12.1 Å². The second-order valence-corrected chi connectivity index (χ2v) is 4.45. The summed E-state index contributed by atoms with van der Waals surface area (Å²) in [6, 6.07) is 8.18. The van der Waals surface area contributed by atoms with Crippen LogP contribution in [0.25, 0.3) is 0 Å². The maximum absolute atomic E-state index is 9.22. The molecule has 0 heterocycles. The number of hydrogen-bond acceptors (Lipinski definition) is 3. The fourth-order valence-corrected chi connectivity index (χ4v) is 1.66. The lowest BCUT2D eigenvalue weighted by atomic mass is 10.2. The molecule has 0 aliphatic heterocycles. The average Bonchev–Trinajstić information content (AvgIpc) is 2.29. The monoisotopic (exact) mass is 237 g/mol. The highest BCUT2D eigenvalue weighted by atomic mass is 16.5. The molecule has 0 radical (unpaired) electrons. The molecule has 1 rings (SSSR count).